The van der Waals surface area contributed by atoms with Gasteiger partial charge in [0.2, 0.25) is 11.8 Å². The van der Waals surface area contributed by atoms with Gasteiger partial charge in [0.05, 0.1) is 0 Å². The van der Waals surface area contributed by atoms with Crippen molar-refractivity contribution in [2.45, 2.75) is 135 Å². The number of nitrogens with zero attached hydrogens (tertiary/aromatic N) is 1. The molecular formula is C46H71N5O8. The van der Waals surface area contributed by atoms with E-state index in [2.05, 4.69) is 12.2 Å². The van der Waals surface area contributed by atoms with Gasteiger partial charge < -0.3 is 42.0 Å². The zero-order chi connectivity index (χ0) is 43.2. The largest absolute Gasteiger partial charge is 0.492 e. The third kappa shape index (κ3) is 16.0. The van der Waals surface area contributed by atoms with Gasteiger partial charge in [0, 0.05) is 68.8 Å². The van der Waals surface area contributed by atoms with E-state index in [0.717, 1.165) is 25.7 Å². The maximum absolute atomic E-state index is 14.5. The van der Waals surface area contributed by atoms with Crippen LogP contribution < -0.4 is 32.0 Å². The molecule has 0 saturated heterocycles. The Labute approximate surface area is 351 Å². The summed E-state index contributed by atoms with van der Waals surface area (Å²) in [5.41, 5.74) is 19.6. The van der Waals surface area contributed by atoms with Crippen molar-refractivity contribution in [1.29, 1.82) is 0 Å². The summed E-state index contributed by atoms with van der Waals surface area (Å²) in [5.74, 6) is -3.34. The van der Waals surface area contributed by atoms with Crippen LogP contribution in [0.25, 0.3) is 11.1 Å². The highest BCUT2D eigenvalue weighted by Gasteiger charge is 2.36. The number of likely N-dealkylation sites (N-methyl/N-ethyl adjacent to an activating group) is 1. The summed E-state index contributed by atoms with van der Waals surface area (Å²) in [4.78, 5) is 69.6. The molecule has 2 aromatic carbocycles. The number of hydrogen-bond donors (Lipinski definition) is 5. The average Bonchev–Trinajstić information content (AvgIpc) is 3.22. The second-order valence-corrected chi connectivity index (χ2v) is 16.0. The van der Waals surface area contributed by atoms with E-state index in [4.69, 9.17) is 26.7 Å². The first kappa shape index (κ1) is 49.0. The number of amides is 2. The monoisotopic (exact) mass is 822 g/mol. The molecule has 0 saturated carbocycles. The minimum Gasteiger partial charge on any atom is -0.492 e. The Morgan fingerprint density at radius 3 is 1.95 bits per heavy atom. The average molecular weight is 822 g/mol. The number of carboxylic acid groups (broad SMARTS) is 1. The number of carbonyl (C=O) groups is 5. The SMILES string of the molecule is CCCCCCCCCCCCCC(=O)C[C@@H](CCCN)C(=O)N(C)[C@@H]1C(=O)C[C@@H](C)C(=O)N[C@H](C(=O)O)Cc2ccc(OCCN)c(c2)-c2cc1ccc2OCCN. The molecule has 4 atom stereocenters. The number of ether oxygens (including phenoxy) is 2. The molecule has 0 fully saturated rings. The molecule has 3 rings (SSSR count). The fourth-order valence-corrected chi connectivity index (χ4v) is 7.77. The van der Waals surface area contributed by atoms with E-state index in [0.29, 0.717) is 59.6 Å². The van der Waals surface area contributed by atoms with Gasteiger partial charge in [-0.15, -0.1) is 0 Å². The standard InChI is InChI=1S/C46H71N5O8/c1-4-5-6-7-8-9-10-11-12-13-14-17-36(52)30-35(16-15-22-47)45(55)51(3)43-34-19-21-42(59-26-24-49)38(31-34)37-28-33(18-20-41(37)58-25-23-48)29-39(46(56)57)50-44(54)32(2)27-40(43)53/h18-21,28,31-32,35,39,43H,4-17,22-27,29-30,47-49H2,1-3H3,(H,50,54)(H,56,57)/t32-,35-,39+,43+/m1/s1. The van der Waals surface area contributed by atoms with Crippen molar-refractivity contribution in [2.75, 3.05) is 39.9 Å². The predicted octanol–water partition coefficient (Wildman–Crippen LogP) is 6.26. The summed E-state index contributed by atoms with van der Waals surface area (Å²) in [6.45, 7) is 4.98. The number of rotatable bonds is 26. The smallest absolute Gasteiger partial charge is 0.326 e. The van der Waals surface area contributed by atoms with Crippen LogP contribution in [0.5, 0.6) is 11.5 Å². The van der Waals surface area contributed by atoms with E-state index in [9.17, 15) is 29.1 Å². The molecule has 2 amide bonds. The summed E-state index contributed by atoms with van der Waals surface area (Å²) in [6.07, 6.45) is 13.9. The van der Waals surface area contributed by atoms with Crippen LogP contribution in [0.2, 0.25) is 0 Å². The molecule has 2 aromatic rings. The van der Waals surface area contributed by atoms with Crippen LogP contribution in [0.3, 0.4) is 0 Å². The van der Waals surface area contributed by atoms with Crippen LogP contribution in [-0.4, -0.2) is 85.3 Å². The van der Waals surface area contributed by atoms with E-state index in [1.54, 1.807) is 50.4 Å². The van der Waals surface area contributed by atoms with E-state index in [1.807, 2.05) is 0 Å². The van der Waals surface area contributed by atoms with Crippen LogP contribution in [0.1, 0.15) is 134 Å². The van der Waals surface area contributed by atoms with Crippen molar-refractivity contribution in [3.05, 3.63) is 47.5 Å². The lowest BCUT2D eigenvalue weighted by Crippen LogP contribution is -2.45. The van der Waals surface area contributed by atoms with Gasteiger partial charge in [-0.05, 0) is 61.2 Å². The Morgan fingerprint density at radius 1 is 0.797 bits per heavy atom. The minimum absolute atomic E-state index is 0.00823. The number of nitrogens with one attached hydrogen (secondary N) is 1. The molecule has 4 bridgehead atoms. The zero-order valence-electron chi connectivity index (χ0n) is 35.8. The van der Waals surface area contributed by atoms with Crippen LogP contribution in [-0.2, 0) is 30.4 Å². The van der Waals surface area contributed by atoms with Gasteiger partial charge in [-0.2, -0.15) is 0 Å². The van der Waals surface area contributed by atoms with E-state index >= 15 is 0 Å². The molecule has 8 N–H and O–H groups in total. The van der Waals surface area contributed by atoms with Crippen LogP contribution in [0, 0.1) is 11.8 Å². The molecule has 13 heteroatoms. The highest BCUT2D eigenvalue weighted by Crippen LogP contribution is 2.41. The fourth-order valence-electron chi connectivity index (χ4n) is 7.77. The molecule has 0 radical (unpaired) electrons. The molecule has 1 aliphatic heterocycles. The number of benzene rings is 2. The van der Waals surface area contributed by atoms with Crippen molar-refractivity contribution in [3.63, 3.8) is 0 Å². The van der Waals surface area contributed by atoms with E-state index < -0.39 is 41.6 Å². The number of hydrogen-bond acceptors (Lipinski definition) is 10. The molecule has 1 heterocycles. The van der Waals surface area contributed by atoms with Crippen LogP contribution in [0.4, 0.5) is 0 Å². The lowest BCUT2D eigenvalue weighted by atomic mass is 9.88. The summed E-state index contributed by atoms with van der Waals surface area (Å²) < 4.78 is 12.1. The highest BCUT2D eigenvalue weighted by atomic mass is 16.5. The molecule has 328 valence electrons. The van der Waals surface area contributed by atoms with E-state index in [-0.39, 0.29) is 57.3 Å². The molecule has 13 nitrogen and oxygen atoms in total. The maximum Gasteiger partial charge on any atom is 0.326 e. The number of unbranched alkanes of at least 4 members (excludes halogenated alkanes) is 10. The van der Waals surface area contributed by atoms with Crippen LogP contribution in [0.15, 0.2) is 36.4 Å². The summed E-state index contributed by atoms with van der Waals surface area (Å²) in [6, 6.07) is 7.98. The lowest BCUT2D eigenvalue weighted by Gasteiger charge is -2.32. The maximum atomic E-state index is 14.5. The van der Waals surface area contributed by atoms with Crippen molar-refractivity contribution in [3.8, 4) is 22.6 Å². The third-order valence-electron chi connectivity index (χ3n) is 11.1. The van der Waals surface area contributed by atoms with Crippen LogP contribution >= 0.6 is 0 Å². The molecule has 0 aromatic heterocycles. The quantitative estimate of drug-likeness (QED) is 0.0667. The first-order valence-corrected chi connectivity index (χ1v) is 21.9. The Morgan fingerprint density at radius 2 is 1.37 bits per heavy atom. The van der Waals surface area contributed by atoms with Crippen molar-refractivity contribution >= 4 is 29.4 Å². The van der Waals surface area contributed by atoms with Crippen molar-refractivity contribution in [2.24, 2.45) is 29.0 Å². The predicted molar refractivity (Wildman–Crippen MR) is 231 cm³/mol. The number of aliphatic carboxylic acids is 1. The molecular weight excluding hydrogens is 751 g/mol. The molecule has 1 aliphatic rings. The number of nitrogens with two attached hydrogens (primary N) is 3. The first-order valence-electron chi connectivity index (χ1n) is 21.9. The van der Waals surface area contributed by atoms with Gasteiger partial charge in [0.15, 0.2) is 5.78 Å². The molecule has 0 aliphatic carbocycles. The topological polar surface area (TPSA) is 217 Å². The van der Waals surface area contributed by atoms with Gasteiger partial charge in [-0.1, -0.05) is 90.2 Å². The number of carbonyl (C=O) groups excluding carboxylic acids is 4. The normalized spacial score (nSPS) is 17.4. The van der Waals surface area contributed by atoms with Gasteiger partial charge in [0.1, 0.15) is 42.6 Å². The summed E-state index contributed by atoms with van der Waals surface area (Å²) in [7, 11) is 1.55. The van der Waals surface area contributed by atoms with Gasteiger partial charge in [-0.25, -0.2) is 4.79 Å². The summed E-state index contributed by atoms with van der Waals surface area (Å²) >= 11 is 0. The number of fused-ring (bicyclic) bond motifs is 5. The zero-order valence-corrected chi connectivity index (χ0v) is 35.8. The molecule has 0 unspecified atom stereocenters. The second-order valence-electron chi connectivity index (χ2n) is 16.0. The minimum atomic E-state index is -1.28. The molecule has 59 heavy (non-hydrogen) atoms. The molecule has 0 spiro atoms. The Kier molecular flexibility index (Phi) is 22.2. The Bertz CT molecular complexity index is 1650. The number of carboxylic acids is 1. The van der Waals surface area contributed by atoms with Crippen molar-refractivity contribution in [1.82, 2.24) is 10.2 Å². The van der Waals surface area contributed by atoms with E-state index in [1.165, 1.54) is 49.8 Å². The van der Waals surface area contributed by atoms with Crippen molar-refractivity contribution < 1.29 is 38.6 Å². The van der Waals surface area contributed by atoms with Gasteiger partial charge in [-0.3, -0.25) is 19.2 Å². The summed E-state index contributed by atoms with van der Waals surface area (Å²) in [5, 5.41) is 12.7. The Balaban J connectivity index is 1.96. The lowest BCUT2D eigenvalue weighted by molar-refractivity contribution is -0.144. The first-order chi connectivity index (χ1) is 28.4. The highest BCUT2D eigenvalue weighted by molar-refractivity contribution is 5.95. The number of ketones is 2. The third-order valence-corrected chi connectivity index (χ3v) is 11.1. The Hall–Kier alpha value is -4.33. The second kappa shape index (κ2) is 26.7. The van der Waals surface area contributed by atoms with Gasteiger partial charge in [0.25, 0.3) is 0 Å². The number of Topliss-reactive ketones (excluding diaryl/α,β-unsaturated/α-hetero) is 2. The fraction of sp³-hybridized carbons (Fsp3) is 0.630. The van der Waals surface area contributed by atoms with Gasteiger partial charge >= 0.3 is 5.97 Å².